The van der Waals surface area contributed by atoms with E-state index in [0.717, 1.165) is 42.6 Å². The van der Waals surface area contributed by atoms with Gasteiger partial charge in [-0.3, -0.25) is 9.59 Å². The molecule has 184 valence electrons. The van der Waals surface area contributed by atoms with Gasteiger partial charge in [-0.25, -0.2) is 4.39 Å². The highest BCUT2D eigenvalue weighted by Crippen LogP contribution is 2.20. The average Bonchev–Trinajstić information content (AvgIpc) is 2.84. The third kappa shape index (κ3) is 7.86. The number of carbonyl (C=O) groups is 2. The molecule has 1 fully saturated rings. The maximum absolute atomic E-state index is 13.4. The van der Waals surface area contributed by atoms with Crippen LogP contribution in [0.1, 0.15) is 69.4 Å². The minimum Gasteiger partial charge on any atom is -0.494 e. The van der Waals surface area contributed by atoms with E-state index in [2.05, 4.69) is 5.32 Å². The summed E-state index contributed by atoms with van der Waals surface area (Å²) in [5.74, 6) is 0.264. The number of aryl methyl sites for hydroxylation is 1. The lowest BCUT2D eigenvalue weighted by Gasteiger charge is -2.33. The summed E-state index contributed by atoms with van der Waals surface area (Å²) in [6, 6.07) is 13.5. The number of benzene rings is 2. The lowest BCUT2D eigenvalue weighted by molar-refractivity contribution is -0.142. The lowest BCUT2D eigenvalue weighted by atomic mass is 9.95. The molecular weight excluding hydrogens is 431 g/mol. The number of carbonyl (C=O) groups excluding carboxylic acids is 2. The number of nitrogens with zero attached hydrogens (tertiary/aromatic N) is 1. The fourth-order valence-corrected chi connectivity index (χ4v) is 4.44. The molecule has 0 aliphatic heterocycles. The molecule has 1 unspecified atom stereocenters. The van der Waals surface area contributed by atoms with Crippen LogP contribution in [0.25, 0.3) is 0 Å². The maximum atomic E-state index is 13.4. The Morgan fingerprint density at radius 3 is 2.38 bits per heavy atom. The number of nitrogens with one attached hydrogen (secondary N) is 1. The Bertz CT molecular complexity index is 908. The Hall–Kier alpha value is -2.89. The second-order valence-corrected chi connectivity index (χ2v) is 9.18. The van der Waals surface area contributed by atoms with E-state index in [1.165, 1.54) is 18.6 Å². The van der Waals surface area contributed by atoms with Crippen molar-refractivity contribution in [2.45, 2.75) is 83.8 Å². The average molecular weight is 469 g/mol. The quantitative estimate of drug-likeness (QED) is 0.440. The highest BCUT2D eigenvalue weighted by molar-refractivity contribution is 5.87. The molecule has 1 aliphatic rings. The zero-order valence-electron chi connectivity index (χ0n) is 20.4. The lowest BCUT2D eigenvalue weighted by Crippen LogP contribution is -2.51. The van der Waals surface area contributed by atoms with E-state index in [1.54, 1.807) is 17.0 Å². The van der Waals surface area contributed by atoms with Crippen molar-refractivity contribution < 1.29 is 18.7 Å². The number of halogens is 1. The van der Waals surface area contributed by atoms with E-state index in [4.69, 9.17) is 4.74 Å². The fourth-order valence-electron chi connectivity index (χ4n) is 4.44. The standard InChI is InChI=1S/C28H37FN2O3/c1-3-26(28(33)30-24-8-5-4-6-9-24)31(20-22-13-15-23(29)16-14-22)27(32)10-7-19-34-25-17-11-21(2)12-18-25/h11-18,24,26H,3-10,19-20H2,1-2H3,(H,30,33). The minimum atomic E-state index is -0.558. The topological polar surface area (TPSA) is 58.6 Å². The third-order valence-corrected chi connectivity index (χ3v) is 6.43. The van der Waals surface area contributed by atoms with E-state index >= 15 is 0 Å². The molecule has 0 heterocycles. The first kappa shape index (κ1) is 25.7. The molecule has 0 bridgehead atoms. The molecule has 5 nitrogen and oxygen atoms in total. The summed E-state index contributed by atoms with van der Waals surface area (Å²) in [5, 5.41) is 3.18. The summed E-state index contributed by atoms with van der Waals surface area (Å²) in [5.41, 5.74) is 1.96. The van der Waals surface area contributed by atoms with E-state index in [-0.39, 0.29) is 36.6 Å². The molecule has 1 atom stereocenters. The molecule has 0 aromatic heterocycles. The van der Waals surface area contributed by atoms with Gasteiger partial charge >= 0.3 is 0 Å². The van der Waals surface area contributed by atoms with Gasteiger partial charge in [-0.2, -0.15) is 0 Å². The molecule has 6 heteroatoms. The van der Waals surface area contributed by atoms with Gasteiger partial charge in [0.25, 0.3) is 0 Å². The number of hydrogen-bond acceptors (Lipinski definition) is 3. The Kier molecular flexibility index (Phi) is 9.92. The number of hydrogen-bond donors (Lipinski definition) is 1. The zero-order valence-corrected chi connectivity index (χ0v) is 20.4. The van der Waals surface area contributed by atoms with Crippen molar-refractivity contribution in [2.75, 3.05) is 6.61 Å². The smallest absolute Gasteiger partial charge is 0.243 e. The second kappa shape index (κ2) is 13.1. The van der Waals surface area contributed by atoms with Crippen LogP contribution in [0.5, 0.6) is 5.75 Å². The van der Waals surface area contributed by atoms with E-state index < -0.39 is 6.04 Å². The third-order valence-electron chi connectivity index (χ3n) is 6.43. The molecule has 1 N–H and O–H groups in total. The Morgan fingerprint density at radius 1 is 1.06 bits per heavy atom. The van der Waals surface area contributed by atoms with E-state index in [9.17, 15) is 14.0 Å². The van der Waals surface area contributed by atoms with Crippen molar-refractivity contribution in [3.63, 3.8) is 0 Å². The van der Waals surface area contributed by atoms with Crippen LogP contribution in [0.15, 0.2) is 48.5 Å². The number of ether oxygens (including phenoxy) is 1. The van der Waals surface area contributed by atoms with Crippen LogP contribution < -0.4 is 10.1 Å². The Morgan fingerprint density at radius 2 is 1.74 bits per heavy atom. The first-order valence-electron chi connectivity index (χ1n) is 12.5. The van der Waals surface area contributed by atoms with Gasteiger partial charge in [0.15, 0.2) is 0 Å². The van der Waals surface area contributed by atoms with Crippen LogP contribution in [0.3, 0.4) is 0 Å². The molecule has 34 heavy (non-hydrogen) atoms. The number of rotatable bonds is 11. The molecule has 0 saturated heterocycles. The second-order valence-electron chi connectivity index (χ2n) is 9.18. The van der Waals surface area contributed by atoms with Gasteiger partial charge in [0.2, 0.25) is 11.8 Å². The SMILES string of the molecule is CCC(C(=O)NC1CCCCC1)N(Cc1ccc(F)cc1)C(=O)CCCOc1ccc(C)cc1. The van der Waals surface area contributed by atoms with Crippen molar-refractivity contribution >= 4 is 11.8 Å². The first-order valence-corrected chi connectivity index (χ1v) is 12.5. The normalized spacial score (nSPS) is 14.9. The molecule has 0 spiro atoms. The van der Waals surface area contributed by atoms with Gasteiger partial charge in [-0.1, -0.05) is 56.0 Å². The molecule has 0 radical (unpaired) electrons. The largest absolute Gasteiger partial charge is 0.494 e. The molecule has 2 aromatic carbocycles. The summed E-state index contributed by atoms with van der Waals surface area (Å²) < 4.78 is 19.2. The maximum Gasteiger partial charge on any atom is 0.243 e. The van der Waals surface area contributed by atoms with Crippen molar-refractivity contribution in [3.8, 4) is 5.75 Å². The van der Waals surface area contributed by atoms with Gasteiger partial charge in [-0.15, -0.1) is 0 Å². The highest BCUT2D eigenvalue weighted by Gasteiger charge is 2.30. The molecule has 2 aromatic rings. The summed E-state index contributed by atoms with van der Waals surface area (Å²) in [4.78, 5) is 28.1. The molecule has 1 aliphatic carbocycles. The Balaban J connectivity index is 1.63. The summed E-state index contributed by atoms with van der Waals surface area (Å²) in [7, 11) is 0. The highest BCUT2D eigenvalue weighted by atomic mass is 19.1. The Labute approximate surface area is 202 Å². The molecular formula is C28H37FN2O3. The van der Waals surface area contributed by atoms with E-state index in [0.29, 0.717) is 19.4 Å². The van der Waals surface area contributed by atoms with Gasteiger partial charge in [0.05, 0.1) is 6.61 Å². The van der Waals surface area contributed by atoms with Gasteiger partial charge in [0, 0.05) is 19.0 Å². The van der Waals surface area contributed by atoms with Gasteiger partial charge in [-0.05, 0) is 62.4 Å². The fraction of sp³-hybridized carbons (Fsp3) is 0.500. The first-order chi connectivity index (χ1) is 16.5. The summed E-state index contributed by atoms with van der Waals surface area (Å²) in [6.45, 7) is 4.64. The summed E-state index contributed by atoms with van der Waals surface area (Å²) in [6.07, 6.45) is 6.79. The van der Waals surface area contributed by atoms with Gasteiger partial charge in [0.1, 0.15) is 17.6 Å². The minimum absolute atomic E-state index is 0.0949. The van der Waals surface area contributed by atoms with Crippen molar-refractivity contribution in [3.05, 3.63) is 65.5 Å². The van der Waals surface area contributed by atoms with Crippen molar-refractivity contribution in [1.29, 1.82) is 0 Å². The van der Waals surface area contributed by atoms with Gasteiger partial charge < -0.3 is 15.0 Å². The zero-order chi connectivity index (χ0) is 24.3. The van der Waals surface area contributed by atoms with Crippen LogP contribution in [0, 0.1) is 12.7 Å². The van der Waals surface area contributed by atoms with Crippen LogP contribution >= 0.6 is 0 Å². The van der Waals surface area contributed by atoms with Crippen LogP contribution in [0.2, 0.25) is 0 Å². The summed E-state index contributed by atoms with van der Waals surface area (Å²) >= 11 is 0. The molecule has 2 amide bonds. The van der Waals surface area contributed by atoms with Crippen molar-refractivity contribution in [2.24, 2.45) is 0 Å². The van der Waals surface area contributed by atoms with Crippen LogP contribution in [0.4, 0.5) is 4.39 Å². The van der Waals surface area contributed by atoms with E-state index in [1.807, 2.05) is 38.1 Å². The molecule has 1 saturated carbocycles. The number of amides is 2. The van der Waals surface area contributed by atoms with Crippen LogP contribution in [-0.4, -0.2) is 35.4 Å². The van der Waals surface area contributed by atoms with Crippen LogP contribution in [-0.2, 0) is 16.1 Å². The predicted molar refractivity (Wildman–Crippen MR) is 132 cm³/mol. The monoisotopic (exact) mass is 468 g/mol. The predicted octanol–water partition coefficient (Wildman–Crippen LogP) is 5.55. The van der Waals surface area contributed by atoms with Crippen molar-refractivity contribution in [1.82, 2.24) is 10.2 Å². The molecule has 3 rings (SSSR count).